The van der Waals surface area contributed by atoms with E-state index in [0.29, 0.717) is 12.2 Å². The highest BCUT2D eigenvalue weighted by Crippen LogP contribution is 1.94. The molecule has 1 aliphatic rings. The number of esters is 3. The largest absolute Gasteiger partial charge is 0.462 e. The van der Waals surface area contributed by atoms with Gasteiger partial charge < -0.3 is 9.47 Å². The fourth-order valence-corrected chi connectivity index (χ4v) is 0.736. The molecule has 0 unspecified atom stereocenters. The van der Waals surface area contributed by atoms with Gasteiger partial charge in [0.1, 0.15) is 0 Å². The smallest absolute Gasteiger partial charge is 0.338 e. The summed E-state index contributed by atoms with van der Waals surface area (Å²) in [4.78, 5) is 30.5. The van der Waals surface area contributed by atoms with Gasteiger partial charge in [0, 0.05) is 17.7 Å². The fraction of sp³-hybridized carbons (Fsp3) is 0.417. The third-order valence-corrected chi connectivity index (χ3v) is 1.64. The maximum atomic E-state index is 10.7. The van der Waals surface area contributed by atoms with Crippen molar-refractivity contribution in [3.63, 3.8) is 0 Å². The summed E-state index contributed by atoms with van der Waals surface area (Å²) in [5.41, 5.74) is 0.469. The van der Waals surface area contributed by atoms with Gasteiger partial charge in [-0.05, 0) is 13.3 Å². The van der Waals surface area contributed by atoms with E-state index < -0.39 is 11.9 Å². The van der Waals surface area contributed by atoms with Crippen LogP contribution < -0.4 is 0 Å². The van der Waals surface area contributed by atoms with E-state index >= 15 is 0 Å². The number of unbranched alkanes of at least 4 members (excludes halogenated alkanes) is 1. The summed E-state index contributed by atoms with van der Waals surface area (Å²) in [7, 11) is 0. The SMILES string of the molecule is C=C(C)C(=O)OCCCC.O=C1C=CC(=O)O1. The Morgan fingerprint density at radius 2 is 1.88 bits per heavy atom. The molecule has 0 bridgehead atoms. The highest BCUT2D eigenvalue weighted by atomic mass is 16.6. The van der Waals surface area contributed by atoms with Gasteiger partial charge >= 0.3 is 17.9 Å². The molecule has 0 atom stereocenters. The molecular formula is C12H16O5. The van der Waals surface area contributed by atoms with Crippen LogP contribution in [-0.4, -0.2) is 24.5 Å². The molecule has 0 radical (unpaired) electrons. The lowest BCUT2D eigenvalue weighted by atomic mass is 10.3. The first-order chi connectivity index (χ1) is 7.97. The zero-order chi connectivity index (χ0) is 13.3. The van der Waals surface area contributed by atoms with Crippen LogP contribution in [0.15, 0.2) is 24.3 Å². The normalized spacial score (nSPS) is 12.6. The summed E-state index contributed by atoms with van der Waals surface area (Å²) in [6.45, 7) is 7.67. The molecule has 94 valence electrons. The molecule has 17 heavy (non-hydrogen) atoms. The third-order valence-electron chi connectivity index (χ3n) is 1.64. The molecule has 0 spiro atoms. The van der Waals surface area contributed by atoms with Gasteiger partial charge in [-0.15, -0.1) is 0 Å². The number of rotatable bonds is 4. The van der Waals surface area contributed by atoms with Crippen LogP contribution in [0.25, 0.3) is 0 Å². The third kappa shape index (κ3) is 7.96. The van der Waals surface area contributed by atoms with E-state index in [1.165, 1.54) is 0 Å². The van der Waals surface area contributed by atoms with Crippen molar-refractivity contribution in [3.05, 3.63) is 24.3 Å². The van der Waals surface area contributed by atoms with Gasteiger partial charge in [-0.1, -0.05) is 19.9 Å². The fourth-order valence-electron chi connectivity index (χ4n) is 0.736. The highest BCUT2D eigenvalue weighted by molar-refractivity contribution is 6.04. The second-order valence-corrected chi connectivity index (χ2v) is 3.34. The minimum absolute atomic E-state index is 0.284. The van der Waals surface area contributed by atoms with Crippen molar-refractivity contribution in [2.45, 2.75) is 26.7 Å². The molecule has 1 rings (SSSR count). The molecule has 1 aliphatic heterocycles. The topological polar surface area (TPSA) is 69.7 Å². The number of hydrogen-bond donors (Lipinski definition) is 0. The predicted molar refractivity (Wildman–Crippen MR) is 60.9 cm³/mol. The first-order valence-corrected chi connectivity index (χ1v) is 5.23. The summed E-state index contributed by atoms with van der Waals surface area (Å²) < 4.78 is 8.78. The van der Waals surface area contributed by atoms with E-state index in [0.717, 1.165) is 25.0 Å². The number of hydrogen-bond acceptors (Lipinski definition) is 5. The van der Waals surface area contributed by atoms with Gasteiger partial charge in [-0.25, -0.2) is 14.4 Å². The minimum atomic E-state index is -0.579. The summed E-state index contributed by atoms with van der Waals surface area (Å²) in [6, 6.07) is 0. The quantitative estimate of drug-likeness (QED) is 0.322. The van der Waals surface area contributed by atoms with Crippen LogP contribution in [0.5, 0.6) is 0 Å². The van der Waals surface area contributed by atoms with E-state index in [2.05, 4.69) is 18.2 Å². The number of cyclic esters (lactones) is 2. The Morgan fingerprint density at radius 1 is 1.35 bits per heavy atom. The molecule has 0 fully saturated rings. The van der Waals surface area contributed by atoms with Crippen LogP contribution in [0, 0.1) is 0 Å². The van der Waals surface area contributed by atoms with E-state index in [9.17, 15) is 14.4 Å². The first-order valence-electron chi connectivity index (χ1n) is 5.23. The summed E-state index contributed by atoms with van der Waals surface area (Å²) in [5.74, 6) is -1.44. The van der Waals surface area contributed by atoms with Gasteiger partial charge in [0.15, 0.2) is 0 Å². The molecule has 0 saturated heterocycles. The van der Waals surface area contributed by atoms with E-state index in [1.54, 1.807) is 6.92 Å². The zero-order valence-electron chi connectivity index (χ0n) is 10.0. The molecule has 0 aromatic heterocycles. The molecule has 0 aromatic carbocycles. The van der Waals surface area contributed by atoms with E-state index in [4.69, 9.17) is 4.74 Å². The average Bonchev–Trinajstić information content (AvgIpc) is 2.63. The van der Waals surface area contributed by atoms with Crippen LogP contribution in [0.1, 0.15) is 26.7 Å². The average molecular weight is 240 g/mol. The van der Waals surface area contributed by atoms with Crippen molar-refractivity contribution in [2.24, 2.45) is 0 Å². The van der Waals surface area contributed by atoms with Crippen molar-refractivity contribution in [3.8, 4) is 0 Å². The molecule has 0 aliphatic carbocycles. The summed E-state index contributed by atoms with van der Waals surface area (Å²) in [6.07, 6.45) is 4.15. The summed E-state index contributed by atoms with van der Waals surface area (Å²) >= 11 is 0. The van der Waals surface area contributed by atoms with Gasteiger partial charge in [0.05, 0.1) is 6.61 Å². The Labute approximate surface area is 100 Å². The molecule has 5 heteroatoms. The van der Waals surface area contributed by atoms with Gasteiger partial charge in [0.2, 0.25) is 0 Å². The Bertz CT molecular complexity index is 325. The van der Waals surface area contributed by atoms with Crippen molar-refractivity contribution in [1.82, 2.24) is 0 Å². The molecule has 0 amide bonds. The standard InChI is InChI=1S/C8H14O2.C4H2O3/c1-4-5-6-10-8(9)7(2)3;5-3-1-2-4(6)7-3/h2,4-6H2,1,3H3;1-2H. The lowest BCUT2D eigenvalue weighted by Gasteiger charge is -2.01. The maximum absolute atomic E-state index is 10.7. The van der Waals surface area contributed by atoms with Crippen molar-refractivity contribution < 1.29 is 23.9 Å². The molecule has 0 N–H and O–H groups in total. The predicted octanol–water partition coefficient (Wildman–Crippen LogP) is 1.53. The second-order valence-electron chi connectivity index (χ2n) is 3.34. The summed E-state index contributed by atoms with van der Waals surface area (Å²) in [5, 5.41) is 0. The zero-order valence-corrected chi connectivity index (χ0v) is 10.0. The van der Waals surface area contributed by atoms with Crippen molar-refractivity contribution in [1.29, 1.82) is 0 Å². The maximum Gasteiger partial charge on any atom is 0.338 e. The molecule has 1 heterocycles. The molecule has 0 aromatic rings. The first kappa shape index (κ1) is 15.1. The van der Waals surface area contributed by atoms with Crippen LogP contribution >= 0.6 is 0 Å². The van der Waals surface area contributed by atoms with Crippen LogP contribution in [0.3, 0.4) is 0 Å². The molecular weight excluding hydrogens is 224 g/mol. The number of ether oxygens (including phenoxy) is 2. The van der Waals surface area contributed by atoms with Crippen molar-refractivity contribution >= 4 is 17.9 Å². The van der Waals surface area contributed by atoms with Crippen molar-refractivity contribution in [2.75, 3.05) is 6.61 Å². The number of carbonyl (C=O) groups is 3. The number of carbonyl (C=O) groups excluding carboxylic acids is 3. The van der Waals surface area contributed by atoms with Crippen LogP contribution in [-0.2, 0) is 23.9 Å². The van der Waals surface area contributed by atoms with Crippen LogP contribution in [0.4, 0.5) is 0 Å². The lowest BCUT2D eigenvalue weighted by molar-refractivity contribution is -0.150. The van der Waals surface area contributed by atoms with Crippen LogP contribution in [0.2, 0.25) is 0 Å². The van der Waals surface area contributed by atoms with E-state index in [1.807, 2.05) is 0 Å². The Balaban J connectivity index is 0.000000318. The van der Waals surface area contributed by atoms with Gasteiger partial charge in [-0.2, -0.15) is 0 Å². The van der Waals surface area contributed by atoms with Gasteiger partial charge in [0.25, 0.3) is 0 Å². The Morgan fingerprint density at radius 3 is 2.18 bits per heavy atom. The molecule has 0 saturated carbocycles. The highest BCUT2D eigenvalue weighted by Gasteiger charge is 2.10. The van der Waals surface area contributed by atoms with Gasteiger partial charge in [-0.3, -0.25) is 0 Å². The molecule has 5 nitrogen and oxygen atoms in total. The lowest BCUT2D eigenvalue weighted by Crippen LogP contribution is -2.05. The Kier molecular flexibility index (Phi) is 7.34. The Hall–Kier alpha value is -1.91. The van der Waals surface area contributed by atoms with E-state index in [-0.39, 0.29) is 5.97 Å². The minimum Gasteiger partial charge on any atom is -0.462 e. The monoisotopic (exact) mass is 240 g/mol. The second kappa shape index (κ2) is 8.27.